The largest absolute Gasteiger partial charge is 0.478 e. The van der Waals surface area contributed by atoms with Gasteiger partial charge in [0.05, 0.1) is 5.56 Å². The van der Waals surface area contributed by atoms with Gasteiger partial charge in [0.1, 0.15) is 5.82 Å². The molecule has 2 rings (SSSR count). The molecule has 0 aliphatic carbocycles. The summed E-state index contributed by atoms with van der Waals surface area (Å²) in [6, 6.07) is 9.70. The molecule has 2 nitrogen and oxygen atoms in total. The van der Waals surface area contributed by atoms with Crippen LogP contribution in [0.15, 0.2) is 36.4 Å². The number of halogens is 1. The van der Waals surface area contributed by atoms with Gasteiger partial charge in [-0.05, 0) is 54.3 Å². The Morgan fingerprint density at radius 2 is 1.83 bits per heavy atom. The Labute approximate surface area is 105 Å². The quantitative estimate of drug-likeness (QED) is 0.872. The summed E-state index contributed by atoms with van der Waals surface area (Å²) in [5, 5.41) is 9.00. The van der Waals surface area contributed by atoms with Crippen molar-refractivity contribution in [1.29, 1.82) is 0 Å². The first-order chi connectivity index (χ1) is 8.50. The third kappa shape index (κ3) is 2.12. The maximum absolute atomic E-state index is 13.5. The molecule has 0 saturated heterocycles. The molecule has 0 atom stereocenters. The summed E-state index contributed by atoms with van der Waals surface area (Å²) in [4.78, 5) is 11.0. The summed E-state index contributed by atoms with van der Waals surface area (Å²) in [5.41, 5.74) is 3.15. The van der Waals surface area contributed by atoms with Gasteiger partial charge >= 0.3 is 5.97 Å². The summed E-state index contributed by atoms with van der Waals surface area (Å²) in [6.45, 7) is 3.57. The van der Waals surface area contributed by atoms with E-state index < -0.39 is 5.97 Å². The Hall–Kier alpha value is -2.16. The molecule has 2 aromatic carbocycles. The van der Waals surface area contributed by atoms with Gasteiger partial charge in [0.25, 0.3) is 0 Å². The van der Waals surface area contributed by atoms with E-state index in [0.29, 0.717) is 5.56 Å². The van der Waals surface area contributed by atoms with Gasteiger partial charge in [-0.2, -0.15) is 0 Å². The highest BCUT2D eigenvalue weighted by Crippen LogP contribution is 2.28. The van der Waals surface area contributed by atoms with Crippen LogP contribution in [0.1, 0.15) is 21.5 Å². The number of aromatic carboxylic acids is 1. The molecular weight excluding hydrogens is 231 g/mol. The van der Waals surface area contributed by atoms with E-state index in [9.17, 15) is 9.18 Å². The van der Waals surface area contributed by atoms with Crippen LogP contribution in [0.4, 0.5) is 4.39 Å². The van der Waals surface area contributed by atoms with Crippen LogP contribution in [0.3, 0.4) is 0 Å². The second-order valence-electron chi connectivity index (χ2n) is 4.25. The van der Waals surface area contributed by atoms with Crippen LogP contribution in [-0.4, -0.2) is 11.1 Å². The number of carboxylic acids is 1. The van der Waals surface area contributed by atoms with E-state index in [4.69, 9.17) is 5.11 Å². The van der Waals surface area contributed by atoms with Gasteiger partial charge in [0, 0.05) is 0 Å². The zero-order chi connectivity index (χ0) is 13.3. The summed E-state index contributed by atoms with van der Waals surface area (Å²) < 4.78 is 13.5. The molecule has 0 amide bonds. The van der Waals surface area contributed by atoms with Crippen LogP contribution in [-0.2, 0) is 0 Å². The van der Waals surface area contributed by atoms with Crippen LogP contribution in [0.2, 0.25) is 0 Å². The van der Waals surface area contributed by atoms with Crippen molar-refractivity contribution in [2.24, 2.45) is 0 Å². The van der Waals surface area contributed by atoms with E-state index in [2.05, 4.69) is 0 Å². The van der Waals surface area contributed by atoms with Crippen molar-refractivity contribution in [1.82, 2.24) is 0 Å². The fourth-order valence-corrected chi connectivity index (χ4v) is 1.94. The molecule has 0 fully saturated rings. The van der Waals surface area contributed by atoms with Crippen LogP contribution in [0.5, 0.6) is 0 Å². The Morgan fingerprint density at radius 1 is 1.11 bits per heavy atom. The van der Waals surface area contributed by atoms with E-state index in [1.807, 2.05) is 6.92 Å². The molecule has 92 valence electrons. The van der Waals surface area contributed by atoms with Gasteiger partial charge in [0.15, 0.2) is 0 Å². The van der Waals surface area contributed by atoms with Gasteiger partial charge in [0.2, 0.25) is 0 Å². The first-order valence-corrected chi connectivity index (χ1v) is 5.60. The van der Waals surface area contributed by atoms with Crippen molar-refractivity contribution >= 4 is 5.97 Å². The molecule has 0 unspecified atom stereocenters. The van der Waals surface area contributed by atoms with Crippen LogP contribution in [0.25, 0.3) is 11.1 Å². The van der Waals surface area contributed by atoms with E-state index in [0.717, 1.165) is 16.7 Å². The molecular formula is C15H13FO2. The van der Waals surface area contributed by atoms with Crippen molar-refractivity contribution in [2.75, 3.05) is 0 Å². The normalized spacial score (nSPS) is 10.4. The van der Waals surface area contributed by atoms with Crippen LogP contribution >= 0.6 is 0 Å². The molecule has 0 heterocycles. The van der Waals surface area contributed by atoms with E-state index in [1.54, 1.807) is 37.3 Å². The fourth-order valence-electron chi connectivity index (χ4n) is 1.94. The van der Waals surface area contributed by atoms with Crippen molar-refractivity contribution < 1.29 is 14.3 Å². The maximum Gasteiger partial charge on any atom is 0.335 e. The summed E-state index contributed by atoms with van der Waals surface area (Å²) >= 11 is 0. The second-order valence-corrected chi connectivity index (χ2v) is 4.25. The first kappa shape index (κ1) is 12.3. The van der Waals surface area contributed by atoms with Crippen molar-refractivity contribution in [3.05, 3.63) is 58.9 Å². The standard InChI is InChI=1S/C15H13FO2/c1-9-6-7-11(15(17)18)8-13(9)12-4-3-5-14(16)10(12)2/h3-8H,1-2H3,(H,17,18). The molecule has 0 aliphatic heterocycles. The molecule has 2 aromatic rings. The van der Waals surface area contributed by atoms with E-state index in [1.165, 1.54) is 6.07 Å². The lowest BCUT2D eigenvalue weighted by molar-refractivity contribution is 0.0697. The Kier molecular flexibility index (Phi) is 3.15. The first-order valence-electron chi connectivity index (χ1n) is 5.60. The van der Waals surface area contributed by atoms with Crippen LogP contribution in [0, 0.1) is 19.7 Å². The molecule has 0 spiro atoms. The summed E-state index contributed by atoms with van der Waals surface area (Å²) in [6.07, 6.45) is 0. The Bertz CT molecular complexity index is 618. The molecule has 0 aromatic heterocycles. The van der Waals surface area contributed by atoms with Gasteiger partial charge in [-0.15, -0.1) is 0 Å². The van der Waals surface area contributed by atoms with Crippen molar-refractivity contribution in [2.45, 2.75) is 13.8 Å². The highest BCUT2D eigenvalue weighted by molar-refractivity contribution is 5.90. The zero-order valence-electron chi connectivity index (χ0n) is 10.2. The number of hydrogen-bond acceptors (Lipinski definition) is 1. The molecule has 0 aliphatic rings. The molecule has 0 radical (unpaired) electrons. The molecule has 18 heavy (non-hydrogen) atoms. The fraction of sp³-hybridized carbons (Fsp3) is 0.133. The SMILES string of the molecule is Cc1ccc(C(=O)O)cc1-c1cccc(F)c1C. The monoisotopic (exact) mass is 244 g/mol. The number of carbonyl (C=O) groups is 1. The maximum atomic E-state index is 13.5. The molecule has 0 saturated carbocycles. The predicted octanol–water partition coefficient (Wildman–Crippen LogP) is 3.81. The molecule has 1 N–H and O–H groups in total. The molecule has 3 heteroatoms. The average molecular weight is 244 g/mol. The van der Waals surface area contributed by atoms with Crippen molar-refractivity contribution in [3.63, 3.8) is 0 Å². The topological polar surface area (TPSA) is 37.3 Å². The van der Waals surface area contributed by atoms with Crippen LogP contribution < -0.4 is 0 Å². The Balaban J connectivity index is 2.66. The predicted molar refractivity (Wildman–Crippen MR) is 68.3 cm³/mol. The lowest BCUT2D eigenvalue weighted by Gasteiger charge is -2.11. The van der Waals surface area contributed by atoms with E-state index in [-0.39, 0.29) is 11.4 Å². The number of carboxylic acid groups (broad SMARTS) is 1. The van der Waals surface area contributed by atoms with E-state index >= 15 is 0 Å². The summed E-state index contributed by atoms with van der Waals surface area (Å²) in [5.74, 6) is -1.27. The number of benzene rings is 2. The highest BCUT2D eigenvalue weighted by Gasteiger charge is 2.11. The third-order valence-corrected chi connectivity index (χ3v) is 3.04. The van der Waals surface area contributed by atoms with Gasteiger partial charge in [-0.25, -0.2) is 9.18 Å². The lowest BCUT2D eigenvalue weighted by atomic mass is 9.94. The second kappa shape index (κ2) is 4.61. The third-order valence-electron chi connectivity index (χ3n) is 3.04. The number of rotatable bonds is 2. The number of aryl methyl sites for hydroxylation is 1. The van der Waals surface area contributed by atoms with Gasteiger partial charge in [-0.1, -0.05) is 18.2 Å². The average Bonchev–Trinajstić information content (AvgIpc) is 2.33. The minimum atomic E-state index is -0.981. The minimum Gasteiger partial charge on any atom is -0.478 e. The summed E-state index contributed by atoms with van der Waals surface area (Å²) in [7, 11) is 0. The smallest absolute Gasteiger partial charge is 0.335 e. The minimum absolute atomic E-state index is 0.208. The highest BCUT2D eigenvalue weighted by atomic mass is 19.1. The van der Waals surface area contributed by atoms with Gasteiger partial charge < -0.3 is 5.11 Å². The Morgan fingerprint density at radius 3 is 2.50 bits per heavy atom. The zero-order valence-corrected chi connectivity index (χ0v) is 10.2. The number of hydrogen-bond donors (Lipinski definition) is 1. The molecule has 0 bridgehead atoms. The van der Waals surface area contributed by atoms with Crippen molar-refractivity contribution in [3.8, 4) is 11.1 Å². The lowest BCUT2D eigenvalue weighted by Crippen LogP contribution is -1.98. The van der Waals surface area contributed by atoms with Gasteiger partial charge in [-0.3, -0.25) is 0 Å².